The number of rotatable bonds is 4. The van der Waals surface area contributed by atoms with Gasteiger partial charge in [-0.05, 0) is 38.3 Å². The molecule has 1 aliphatic rings. The molecule has 92 valence electrons. The van der Waals surface area contributed by atoms with Crippen LogP contribution in [0, 0.1) is 6.92 Å². The molecular weight excluding hydrogens is 280 g/mol. The van der Waals surface area contributed by atoms with Crippen molar-refractivity contribution in [3.63, 3.8) is 0 Å². The number of hydrogen-bond donors (Lipinski definition) is 0. The van der Waals surface area contributed by atoms with Crippen LogP contribution in [0.25, 0.3) is 0 Å². The van der Waals surface area contributed by atoms with Crippen molar-refractivity contribution < 1.29 is 4.79 Å². The molecule has 0 unspecified atom stereocenters. The van der Waals surface area contributed by atoms with Gasteiger partial charge in [0.05, 0.1) is 5.56 Å². The summed E-state index contributed by atoms with van der Waals surface area (Å²) in [6, 6.07) is 4.19. The predicted octanol–water partition coefficient (Wildman–Crippen LogP) is 2.78. The highest BCUT2D eigenvalue weighted by Crippen LogP contribution is 2.26. The first-order valence-electron chi connectivity index (χ1n) is 6.02. The lowest BCUT2D eigenvalue weighted by molar-refractivity contribution is 0.0599. The van der Waals surface area contributed by atoms with Crippen molar-refractivity contribution >= 4 is 21.8 Å². The minimum atomic E-state index is 0.113. The van der Waals surface area contributed by atoms with Crippen LogP contribution >= 0.6 is 15.9 Å². The van der Waals surface area contributed by atoms with Crippen molar-refractivity contribution in [2.24, 2.45) is 0 Å². The lowest BCUT2D eigenvalue weighted by Gasteiger charge is -2.37. The zero-order valence-electron chi connectivity index (χ0n) is 10.0. The molecule has 1 amide bonds. The van der Waals surface area contributed by atoms with Crippen molar-refractivity contribution in [1.29, 1.82) is 0 Å². The van der Waals surface area contributed by atoms with Gasteiger partial charge < -0.3 is 4.90 Å². The molecule has 2 rings (SSSR count). The molecule has 1 aromatic rings. The van der Waals surface area contributed by atoms with E-state index >= 15 is 0 Å². The molecule has 0 aliphatic heterocycles. The van der Waals surface area contributed by atoms with Gasteiger partial charge in [-0.15, -0.1) is 0 Å². The summed E-state index contributed by atoms with van der Waals surface area (Å²) in [5.74, 6) is 0.113. The molecule has 0 spiro atoms. The first-order valence-corrected chi connectivity index (χ1v) is 7.14. The number of aryl methyl sites for hydroxylation is 1. The van der Waals surface area contributed by atoms with Crippen molar-refractivity contribution in [2.75, 3.05) is 11.9 Å². The van der Waals surface area contributed by atoms with E-state index in [2.05, 4.69) is 20.9 Å². The second kappa shape index (κ2) is 5.63. The highest BCUT2D eigenvalue weighted by molar-refractivity contribution is 9.09. The third-order valence-corrected chi connectivity index (χ3v) is 3.61. The van der Waals surface area contributed by atoms with E-state index in [1.165, 1.54) is 6.42 Å². The van der Waals surface area contributed by atoms with Crippen LogP contribution in [0.3, 0.4) is 0 Å². The SMILES string of the molecule is Cc1ccc(C(=O)N(CCBr)C2CCC2)cn1. The summed E-state index contributed by atoms with van der Waals surface area (Å²) in [6.45, 7) is 2.70. The number of aromatic nitrogens is 1. The van der Waals surface area contributed by atoms with Gasteiger partial charge >= 0.3 is 0 Å². The Kier molecular flexibility index (Phi) is 4.15. The Balaban J connectivity index is 2.12. The van der Waals surface area contributed by atoms with Gasteiger partial charge in [-0.3, -0.25) is 9.78 Å². The fourth-order valence-electron chi connectivity index (χ4n) is 2.00. The fourth-order valence-corrected chi connectivity index (χ4v) is 2.38. The Morgan fingerprint density at radius 1 is 1.53 bits per heavy atom. The number of pyridine rings is 1. The topological polar surface area (TPSA) is 33.2 Å². The van der Waals surface area contributed by atoms with E-state index in [0.29, 0.717) is 11.6 Å². The summed E-state index contributed by atoms with van der Waals surface area (Å²) >= 11 is 3.41. The van der Waals surface area contributed by atoms with Crippen LogP contribution in [0.15, 0.2) is 18.3 Å². The zero-order chi connectivity index (χ0) is 12.3. The van der Waals surface area contributed by atoms with Crippen LogP contribution < -0.4 is 0 Å². The second-order valence-corrected chi connectivity index (χ2v) is 5.25. The molecule has 3 nitrogen and oxygen atoms in total. The average molecular weight is 297 g/mol. The summed E-state index contributed by atoms with van der Waals surface area (Å²) in [7, 11) is 0. The number of alkyl halides is 1. The summed E-state index contributed by atoms with van der Waals surface area (Å²) in [4.78, 5) is 18.5. The van der Waals surface area contributed by atoms with Crippen molar-refractivity contribution in [3.05, 3.63) is 29.6 Å². The standard InChI is InChI=1S/C13H17BrN2O/c1-10-5-6-11(9-15-10)13(17)16(8-7-14)12-3-2-4-12/h5-6,9,12H,2-4,7-8H2,1H3. The van der Waals surface area contributed by atoms with Gasteiger partial charge in [-0.1, -0.05) is 15.9 Å². The number of carbonyl (C=O) groups is 1. The smallest absolute Gasteiger partial charge is 0.255 e. The first-order chi connectivity index (χ1) is 8.22. The molecule has 0 bridgehead atoms. The summed E-state index contributed by atoms with van der Waals surface area (Å²) in [5.41, 5.74) is 1.64. The maximum atomic E-state index is 12.3. The van der Waals surface area contributed by atoms with E-state index in [0.717, 1.165) is 30.4 Å². The maximum absolute atomic E-state index is 12.3. The maximum Gasteiger partial charge on any atom is 0.255 e. The summed E-state index contributed by atoms with van der Waals surface area (Å²) in [5, 5.41) is 0.828. The number of halogens is 1. The summed E-state index contributed by atoms with van der Waals surface area (Å²) in [6.07, 6.45) is 5.19. The predicted molar refractivity (Wildman–Crippen MR) is 71.4 cm³/mol. The molecule has 1 saturated carbocycles. The fraction of sp³-hybridized carbons (Fsp3) is 0.538. The Hall–Kier alpha value is -0.900. The van der Waals surface area contributed by atoms with Crippen LogP contribution in [0.5, 0.6) is 0 Å². The molecule has 4 heteroatoms. The van der Waals surface area contributed by atoms with Gasteiger partial charge in [0.25, 0.3) is 5.91 Å². The Morgan fingerprint density at radius 2 is 2.29 bits per heavy atom. The van der Waals surface area contributed by atoms with Crippen molar-refractivity contribution in [2.45, 2.75) is 32.2 Å². The molecule has 1 heterocycles. The van der Waals surface area contributed by atoms with Gasteiger partial charge in [0.1, 0.15) is 0 Å². The van der Waals surface area contributed by atoms with E-state index in [4.69, 9.17) is 0 Å². The van der Waals surface area contributed by atoms with Crippen molar-refractivity contribution in [1.82, 2.24) is 9.88 Å². The normalized spacial score (nSPS) is 15.4. The summed E-state index contributed by atoms with van der Waals surface area (Å²) < 4.78 is 0. The molecule has 1 aromatic heterocycles. The van der Waals surface area contributed by atoms with Gasteiger partial charge in [0.2, 0.25) is 0 Å². The third kappa shape index (κ3) is 2.86. The third-order valence-electron chi connectivity index (χ3n) is 3.26. The molecule has 0 N–H and O–H groups in total. The molecule has 0 saturated heterocycles. The second-order valence-electron chi connectivity index (χ2n) is 4.46. The van der Waals surface area contributed by atoms with E-state index in [1.807, 2.05) is 24.0 Å². The van der Waals surface area contributed by atoms with Gasteiger partial charge in [-0.2, -0.15) is 0 Å². The van der Waals surface area contributed by atoms with Crippen molar-refractivity contribution in [3.8, 4) is 0 Å². The Bertz CT molecular complexity index is 387. The molecule has 1 fully saturated rings. The van der Waals surface area contributed by atoms with Gasteiger partial charge in [0.15, 0.2) is 0 Å². The zero-order valence-corrected chi connectivity index (χ0v) is 11.6. The van der Waals surface area contributed by atoms with E-state index < -0.39 is 0 Å². The van der Waals surface area contributed by atoms with Gasteiger partial charge in [0, 0.05) is 29.8 Å². The number of amides is 1. The molecule has 17 heavy (non-hydrogen) atoms. The van der Waals surface area contributed by atoms with E-state index in [1.54, 1.807) is 6.20 Å². The minimum Gasteiger partial charge on any atom is -0.335 e. The van der Waals surface area contributed by atoms with E-state index in [-0.39, 0.29) is 5.91 Å². The molecule has 0 radical (unpaired) electrons. The quantitative estimate of drug-likeness (QED) is 0.801. The van der Waals surface area contributed by atoms with Gasteiger partial charge in [-0.25, -0.2) is 0 Å². The number of nitrogens with zero attached hydrogens (tertiary/aromatic N) is 2. The minimum absolute atomic E-state index is 0.113. The van der Waals surface area contributed by atoms with E-state index in [9.17, 15) is 4.79 Å². The van der Waals surface area contributed by atoms with Crippen LogP contribution in [-0.4, -0.2) is 33.7 Å². The molecule has 0 aromatic carbocycles. The Labute approximate surface area is 110 Å². The average Bonchev–Trinajstić information content (AvgIpc) is 2.26. The molecule has 0 atom stereocenters. The lowest BCUT2D eigenvalue weighted by atomic mass is 9.91. The number of carbonyl (C=O) groups excluding carboxylic acids is 1. The lowest BCUT2D eigenvalue weighted by Crippen LogP contribution is -2.45. The first kappa shape index (κ1) is 12.6. The van der Waals surface area contributed by atoms with Crippen LogP contribution in [0.2, 0.25) is 0 Å². The Morgan fingerprint density at radius 3 is 2.76 bits per heavy atom. The monoisotopic (exact) mass is 296 g/mol. The van der Waals surface area contributed by atoms with Crippen LogP contribution in [0.4, 0.5) is 0 Å². The largest absolute Gasteiger partial charge is 0.335 e. The van der Waals surface area contributed by atoms with Crippen LogP contribution in [0.1, 0.15) is 35.3 Å². The molecular formula is C13H17BrN2O. The van der Waals surface area contributed by atoms with Crippen LogP contribution in [-0.2, 0) is 0 Å². The highest BCUT2D eigenvalue weighted by atomic mass is 79.9. The highest BCUT2D eigenvalue weighted by Gasteiger charge is 2.28. The number of hydrogen-bond acceptors (Lipinski definition) is 2. The molecule has 1 aliphatic carbocycles.